The maximum Gasteiger partial charge on any atom is 0.356 e. The molecule has 0 saturated heterocycles. The fourth-order valence-corrected chi connectivity index (χ4v) is 1.69. The summed E-state index contributed by atoms with van der Waals surface area (Å²) in [6, 6.07) is 17.3. The largest absolute Gasteiger partial charge is 0.476 e. The van der Waals surface area contributed by atoms with E-state index in [0.29, 0.717) is 5.69 Å². The molecule has 6 heteroatoms. The molecule has 2 amide bonds. The zero-order valence-corrected chi connectivity index (χ0v) is 12.1. The zero-order chi connectivity index (χ0) is 16.5. The molecular formula is C17H15N3O3. The molecule has 116 valence electrons. The van der Waals surface area contributed by atoms with Crippen molar-refractivity contribution in [2.45, 2.75) is 0 Å². The summed E-state index contributed by atoms with van der Waals surface area (Å²) in [6.07, 6.45) is 2.92. The predicted molar refractivity (Wildman–Crippen MR) is 89.1 cm³/mol. The van der Waals surface area contributed by atoms with Gasteiger partial charge in [0.25, 0.3) is 0 Å². The number of hydrazone groups is 1. The number of hydrogen-bond donors (Lipinski definition) is 3. The number of urea groups is 1. The van der Waals surface area contributed by atoms with Crippen molar-refractivity contribution >= 4 is 29.5 Å². The fourth-order valence-electron chi connectivity index (χ4n) is 1.69. The molecule has 2 rings (SSSR count). The SMILES string of the molecule is O=C(NN=C(/C=C\c1ccccc1)C(=O)O)Nc1ccccc1. The Labute approximate surface area is 133 Å². The van der Waals surface area contributed by atoms with E-state index in [9.17, 15) is 9.59 Å². The average Bonchev–Trinajstić information content (AvgIpc) is 2.56. The van der Waals surface area contributed by atoms with Gasteiger partial charge in [0.2, 0.25) is 0 Å². The van der Waals surface area contributed by atoms with Crippen molar-refractivity contribution in [1.29, 1.82) is 0 Å². The molecule has 0 aliphatic carbocycles. The molecule has 0 heterocycles. The van der Waals surface area contributed by atoms with E-state index in [1.54, 1.807) is 30.3 Å². The molecule has 0 radical (unpaired) electrons. The van der Waals surface area contributed by atoms with Crippen molar-refractivity contribution in [3.05, 3.63) is 72.3 Å². The summed E-state index contributed by atoms with van der Waals surface area (Å²) >= 11 is 0. The lowest BCUT2D eigenvalue weighted by Crippen LogP contribution is -2.26. The Morgan fingerprint density at radius 2 is 1.57 bits per heavy atom. The molecule has 23 heavy (non-hydrogen) atoms. The number of benzene rings is 2. The lowest BCUT2D eigenvalue weighted by atomic mass is 10.2. The van der Waals surface area contributed by atoms with E-state index in [0.717, 1.165) is 5.56 Å². The number of rotatable bonds is 5. The number of nitrogens with zero attached hydrogens (tertiary/aromatic N) is 1. The van der Waals surface area contributed by atoms with Crippen molar-refractivity contribution in [2.75, 3.05) is 5.32 Å². The number of nitrogens with one attached hydrogen (secondary N) is 2. The number of anilines is 1. The second-order valence-corrected chi connectivity index (χ2v) is 4.48. The first-order valence-electron chi connectivity index (χ1n) is 6.81. The van der Waals surface area contributed by atoms with Crippen LogP contribution in [0.1, 0.15) is 5.56 Å². The van der Waals surface area contributed by atoms with Gasteiger partial charge in [-0.25, -0.2) is 15.0 Å². The molecule has 0 unspecified atom stereocenters. The Hall–Kier alpha value is -3.41. The Morgan fingerprint density at radius 3 is 2.17 bits per heavy atom. The topological polar surface area (TPSA) is 90.8 Å². The lowest BCUT2D eigenvalue weighted by Gasteiger charge is -2.03. The van der Waals surface area contributed by atoms with Gasteiger partial charge in [0, 0.05) is 5.69 Å². The summed E-state index contributed by atoms with van der Waals surface area (Å²) in [5.74, 6) is -1.24. The van der Waals surface area contributed by atoms with Gasteiger partial charge in [-0.3, -0.25) is 0 Å². The van der Waals surface area contributed by atoms with Crippen LogP contribution in [0.25, 0.3) is 6.08 Å². The first kappa shape index (κ1) is 16.0. The van der Waals surface area contributed by atoms with Crippen molar-refractivity contribution in [3.63, 3.8) is 0 Å². The molecule has 3 N–H and O–H groups in total. The Kier molecular flexibility index (Phi) is 5.65. The highest BCUT2D eigenvalue weighted by Gasteiger charge is 2.07. The van der Waals surface area contributed by atoms with E-state index in [1.165, 1.54) is 6.08 Å². The van der Waals surface area contributed by atoms with Crippen molar-refractivity contribution in [2.24, 2.45) is 5.10 Å². The molecule has 6 nitrogen and oxygen atoms in total. The van der Waals surface area contributed by atoms with Crippen LogP contribution in [-0.2, 0) is 4.79 Å². The number of carbonyl (C=O) groups excluding carboxylic acids is 1. The van der Waals surface area contributed by atoms with E-state index in [2.05, 4.69) is 15.8 Å². The lowest BCUT2D eigenvalue weighted by molar-refractivity contribution is -0.129. The monoisotopic (exact) mass is 309 g/mol. The van der Waals surface area contributed by atoms with Crippen molar-refractivity contribution < 1.29 is 14.7 Å². The van der Waals surface area contributed by atoms with E-state index < -0.39 is 12.0 Å². The fraction of sp³-hybridized carbons (Fsp3) is 0. The van der Waals surface area contributed by atoms with Crippen LogP contribution in [-0.4, -0.2) is 22.8 Å². The smallest absolute Gasteiger partial charge is 0.356 e. The summed E-state index contributed by atoms with van der Waals surface area (Å²) in [7, 11) is 0. The molecule has 0 aromatic heterocycles. The maximum atomic E-state index is 11.7. The molecular weight excluding hydrogens is 294 g/mol. The number of aliphatic carboxylic acids is 1. The number of para-hydroxylation sites is 1. The first-order valence-corrected chi connectivity index (χ1v) is 6.81. The third-order valence-corrected chi connectivity index (χ3v) is 2.76. The summed E-state index contributed by atoms with van der Waals surface area (Å²) in [4.78, 5) is 22.8. The van der Waals surface area contributed by atoms with Gasteiger partial charge in [-0.05, 0) is 23.8 Å². The van der Waals surface area contributed by atoms with Gasteiger partial charge in [0.05, 0.1) is 0 Å². The van der Waals surface area contributed by atoms with Crippen LogP contribution >= 0.6 is 0 Å². The van der Waals surface area contributed by atoms with E-state index in [1.807, 2.05) is 36.4 Å². The van der Waals surface area contributed by atoms with Gasteiger partial charge in [-0.2, -0.15) is 5.10 Å². The van der Waals surface area contributed by atoms with Gasteiger partial charge >= 0.3 is 12.0 Å². The van der Waals surface area contributed by atoms with E-state index in [4.69, 9.17) is 5.11 Å². The first-order chi connectivity index (χ1) is 11.1. The number of amides is 2. The molecule has 2 aromatic carbocycles. The Bertz CT molecular complexity index is 725. The Balaban J connectivity index is 2.00. The molecule has 0 aliphatic heterocycles. The molecule has 0 atom stereocenters. The molecule has 0 saturated carbocycles. The van der Waals surface area contributed by atoms with Crippen LogP contribution in [0, 0.1) is 0 Å². The highest BCUT2D eigenvalue weighted by Crippen LogP contribution is 2.04. The molecule has 0 fully saturated rings. The van der Waals surface area contributed by atoms with Crippen LogP contribution in [0.2, 0.25) is 0 Å². The highest BCUT2D eigenvalue weighted by atomic mass is 16.4. The summed E-state index contributed by atoms with van der Waals surface area (Å²) in [5.41, 5.74) is 3.28. The molecule has 0 spiro atoms. The van der Waals surface area contributed by atoms with Crippen LogP contribution in [0.3, 0.4) is 0 Å². The number of carbonyl (C=O) groups is 2. The van der Waals surface area contributed by atoms with Gasteiger partial charge in [0.1, 0.15) is 0 Å². The van der Waals surface area contributed by atoms with E-state index in [-0.39, 0.29) is 5.71 Å². The standard InChI is InChI=1S/C17H15N3O3/c21-16(22)15(12-11-13-7-3-1-4-8-13)19-20-17(23)18-14-9-5-2-6-10-14/h1-12H,(H,21,22)(H2,18,20,23)/b12-11-,19-15?. The highest BCUT2D eigenvalue weighted by molar-refractivity contribution is 6.41. The predicted octanol–water partition coefficient (Wildman–Crippen LogP) is 2.96. The average molecular weight is 309 g/mol. The van der Waals surface area contributed by atoms with Crippen LogP contribution in [0.4, 0.5) is 10.5 Å². The number of carboxylic acid groups (broad SMARTS) is 1. The minimum absolute atomic E-state index is 0.280. The third-order valence-electron chi connectivity index (χ3n) is 2.76. The van der Waals surface area contributed by atoms with Crippen molar-refractivity contribution in [1.82, 2.24) is 5.43 Å². The number of carboxylic acids is 1. The molecule has 0 bridgehead atoms. The second kappa shape index (κ2) is 8.14. The second-order valence-electron chi connectivity index (χ2n) is 4.48. The molecule has 0 aliphatic rings. The summed E-state index contributed by atoms with van der Waals surface area (Å²) in [5, 5.41) is 15.2. The van der Waals surface area contributed by atoms with E-state index >= 15 is 0 Å². The minimum Gasteiger partial charge on any atom is -0.476 e. The summed E-state index contributed by atoms with van der Waals surface area (Å²) in [6.45, 7) is 0. The quantitative estimate of drug-likeness (QED) is 0.586. The zero-order valence-electron chi connectivity index (χ0n) is 12.1. The normalized spacial score (nSPS) is 11.2. The van der Waals surface area contributed by atoms with Gasteiger partial charge in [0.15, 0.2) is 5.71 Å². The van der Waals surface area contributed by atoms with Crippen molar-refractivity contribution in [3.8, 4) is 0 Å². The number of hydrogen-bond acceptors (Lipinski definition) is 3. The molecule has 2 aromatic rings. The summed E-state index contributed by atoms with van der Waals surface area (Å²) < 4.78 is 0. The van der Waals surface area contributed by atoms with Crippen LogP contribution in [0.5, 0.6) is 0 Å². The van der Waals surface area contributed by atoms with Crippen LogP contribution in [0.15, 0.2) is 71.8 Å². The third kappa shape index (κ3) is 5.47. The van der Waals surface area contributed by atoms with Gasteiger partial charge in [-0.1, -0.05) is 54.6 Å². The van der Waals surface area contributed by atoms with Gasteiger partial charge < -0.3 is 10.4 Å². The maximum absolute atomic E-state index is 11.7. The van der Waals surface area contributed by atoms with Crippen LogP contribution < -0.4 is 10.7 Å². The Morgan fingerprint density at radius 1 is 0.957 bits per heavy atom. The minimum atomic E-state index is -1.24. The van der Waals surface area contributed by atoms with Gasteiger partial charge in [-0.15, -0.1) is 0 Å².